The van der Waals surface area contributed by atoms with Gasteiger partial charge in [0.15, 0.2) is 11.5 Å². The molecular formula is C36H64O5. The molecule has 0 amide bonds. The zero-order valence-corrected chi connectivity index (χ0v) is 27.0. The van der Waals surface area contributed by atoms with E-state index in [1.807, 2.05) is 0 Å². The largest absolute Gasteiger partial charge is 0.504 e. The van der Waals surface area contributed by atoms with Crippen LogP contribution >= 0.6 is 0 Å². The van der Waals surface area contributed by atoms with Crippen molar-refractivity contribution in [1.29, 1.82) is 0 Å². The van der Waals surface area contributed by atoms with Gasteiger partial charge in [-0.2, -0.15) is 0 Å². The predicted molar refractivity (Wildman–Crippen MR) is 173 cm³/mol. The molecule has 3 N–H and O–H groups in total. The molecule has 0 aromatic heterocycles. The lowest BCUT2D eigenvalue weighted by atomic mass is 9.91. The molecule has 0 unspecified atom stereocenters. The average Bonchev–Trinajstić information content (AvgIpc) is 2.96. The first kappa shape index (κ1) is 37.1. The van der Waals surface area contributed by atoms with E-state index in [2.05, 4.69) is 20.8 Å². The fraction of sp³-hybridized carbons (Fsp3) is 0.806. The van der Waals surface area contributed by atoms with E-state index in [9.17, 15) is 20.1 Å². The number of phenolic OH excluding ortho intramolecular Hbond substituents is 1. The van der Waals surface area contributed by atoms with E-state index in [0.717, 1.165) is 50.5 Å². The highest BCUT2D eigenvalue weighted by atomic mass is 16.5. The number of ether oxygens (including phenoxy) is 1. The lowest BCUT2D eigenvalue weighted by Gasteiger charge is -2.21. The number of unbranched alkanes of at least 4 members (excludes halogenated alkanes) is 20. The lowest BCUT2D eigenvalue weighted by Crippen LogP contribution is -2.11. The quantitative estimate of drug-likeness (QED) is 0.0682. The van der Waals surface area contributed by atoms with Gasteiger partial charge in [-0.25, -0.2) is 4.79 Å². The number of rotatable bonds is 28. The lowest BCUT2D eigenvalue weighted by molar-refractivity contribution is 0.0687. The molecule has 0 saturated heterocycles. The van der Waals surface area contributed by atoms with Gasteiger partial charge >= 0.3 is 5.97 Å². The zero-order valence-electron chi connectivity index (χ0n) is 27.0. The molecule has 0 spiro atoms. The zero-order chi connectivity index (χ0) is 30.1. The molecule has 0 fully saturated rings. The van der Waals surface area contributed by atoms with Crippen LogP contribution in [0.2, 0.25) is 0 Å². The van der Waals surface area contributed by atoms with Crippen molar-refractivity contribution < 1.29 is 24.9 Å². The maximum absolute atomic E-state index is 12.3. The molecule has 0 aliphatic heterocycles. The van der Waals surface area contributed by atoms with E-state index in [1.165, 1.54) is 103 Å². The van der Waals surface area contributed by atoms with Gasteiger partial charge in [0.2, 0.25) is 0 Å². The Labute approximate surface area is 252 Å². The van der Waals surface area contributed by atoms with Crippen LogP contribution in [0.5, 0.6) is 17.2 Å². The molecule has 0 aliphatic rings. The minimum Gasteiger partial charge on any atom is -0.504 e. The summed E-state index contributed by atoms with van der Waals surface area (Å²) in [4.78, 5) is 12.3. The molecule has 238 valence electrons. The summed E-state index contributed by atoms with van der Waals surface area (Å²) in [5.41, 5.74) is 1.21. The van der Waals surface area contributed by atoms with Gasteiger partial charge < -0.3 is 20.1 Å². The summed E-state index contributed by atoms with van der Waals surface area (Å²) in [5, 5.41) is 31.8. The van der Waals surface area contributed by atoms with Crippen molar-refractivity contribution in [3.8, 4) is 17.2 Å². The normalized spacial score (nSPS) is 11.3. The molecule has 0 bridgehead atoms. The molecule has 1 aromatic rings. The third-order valence-corrected chi connectivity index (χ3v) is 8.38. The van der Waals surface area contributed by atoms with Crippen LogP contribution < -0.4 is 4.74 Å². The van der Waals surface area contributed by atoms with Crippen LogP contribution in [0.3, 0.4) is 0 Å². The first-order valence-corrected chi connectivity index (χ1v) is 17.4. The predicted octanol–water partition coefficient (Wildman–Crippen LogP) is 11.3. The van der Waals surface area contributed by atoms with E-state index in [4.69, 9.17) is 4.74 Å². The number of carbonyl (C=O) groups is 1. The van der Waals surface area contributed by atoms with Crippen molar-refractivity contribution in [2.45, 2.75) is 181 Å². The molecule has 5 nitrogen and oxygen atoms in total. The highest BCUT2D eigenvalue weighted by Crippen LogP contribution is 2.44. The molecule has 1 rings (SSSR count). The van der Waals surface area contributed by atoms with Crippen molar-refractivity contribution in [1.82, 2.24) is 0 Å². The van der Waals surface area contributed by atoms with Crippen molar-refractivity contribution in [2.24, 2.45) is 0 Å². The molecule has 41 heavy (non-hydrogen) atoms. The summed E-state index contributed by atoms with van der Waals surface area (Å²) < 4.78 is 6.19. The Balaban J connectivity index is 2.95. The highest BCUT2D eigenvalue weighted by Gasteiger charge is 2.28. The monoisotopic (exact) mass is 576 g/mol. The van der Waals surface area contributed by atoms with Gasteiger partial charge in [-0.05, 0) is 32.1 Å². The van der Waals surface area contributed by atoms with Crippen molar-refractivity contribution in [2.75, 3.05) is 6.61 Å². The maximum atomic E-state index is 12.3. The van der Waals surface area contributed by atoms with Crippen LogP contribution in [0, 0.1) is 0 Å². The van der Waals surface area contributed by atoms with E-state index < -0.39 is 11.7 Å². The second-order valence-electron chi connectivity index (χ2n) is 12.1. The summed E-state index contributed by atoms with van der Waals surface area (Å²) in [7, 11) is 0. The van der Waals surface area contributed by atoms with E-state index >= 15 is 0 Å². The Hall–Kier alpha value is -1.91. The van der Waals surface area contributed by atoms with Gasteiger partial charge in [-0.1, -0.05) is 149 Å². The second-order valence-corrected chi connectivity index (χ2v) is 12.1. The smallest absolute Gasteiger partial charge is 0.343 e. The molecule has 0 radical (unpaired) electrons. The molecule has 0 saturated carbocycles. The Morgan fingerprint density at radius 1 is 0.512 bits per heavy atom. The average molecular weight is 577 g/mol. The van der Waals surface area contributed by atoms with Crippen LogP contribution in [0.15, 0.2) is 0 Å². The number of benzene rings is 1. The van der Waals surface area contributed by atoms with Crippen molar-refractivity contribution in [3.05, 3.63) is 16.7 Å². The van der Waals surface area contributed by atoms with Crippen LogP contribution in [0.25, 0.3) is 0 Å². The van der Waals surface area contributed by atoms with Crippen molar-refractivity contribution >= 4 is 5.97 Å². The fourth-order valence-corrected chi connectivity index (χ4v) is 5.80. The number of aromatic carboxylic acids is 1. The topological polar surface area (TPSA) is 87.0 Å². The second kappa shape index (κ2) is 24.7. The Morgan fingerprint density at radius 2 is 0.878 bits per heavy atom. The van der Waals surface area contributed by atoms with Gasteiger partial charge in [0.1, 0.15) is 11.3 Å². The van der Waals surface area contributed by atoms with Crippen LogP contribution in [-0.4, -0.2) is 27.9 Å². The van der Waals surface area contributed by atoms with Gasteiger partial charge in [0.05, 0.1) is 6.61 Å². The SMILES string of the molecule is CCCCCCCCCCc1c(O)c(O)c(C(=O)O)c(OCCCCCCCCC)c1CCCCCCCCCC. The maximum Gasteiger partial charge on any atom is 0.343 e. The van der Waals surface area contributed by atoms with Crippen LogP contribution in [0.1, 0.15) is 190 Å². The first-order valence-electron chi connectivity index (χ1n) is 17.4. The molecule has 0 atom stereocenters. The summed E-state index contributed by atoms with van der Waals surface area (Å²) in [6, 6.07) is 0. The molecule has 0 aliphatic carbocycles. The number of carboxylic acid groups (broad SMARTS) is 1. The number of carboxylic acids is 1. The molecule has 0 heterocycles. The third-order valence-electron chi connectivity index (χ3n) is 8.38. The van der Waals surface area contributed by atoms with Gasteiger partial charge in [-0.15, -0.1) is 0 Å². The Bertz CT molecular complexity index is 804. The van der Waals surface area contributed by atoms with E-state index in [0.29, 0.717) is 25.0 Å². The highest BCUT2D eigenvalue weighted by molar-refractivity contribution is 5.96. The van der Waals surface area contributed by atoms with E-state index in [1.54, 1.807) is 0 Å². The molecule has 5 heteroatoms. The first-order chi connectivity index (χ1) is 20.0. The van der Waals surface area contributed by atoms with Gasteiger partial charge in [0, 0.05) is 11.1 Å². The number of phenols is 2. The van der Waals surface area contributed by atoms with Crippen molar-refractivity contribution in [3.63, 3.8) is 0 Å². The summed E-state index contributed by atoms with van der Waals surface area (Å²) in [6.45, 7) is 7.11. The third kappa shape index (κ3) is 15.8. The molecular weight excluding hydrogens is 512 g/mol. The standard InChI is InChI=1S/C36H64O5/c1-4-7-10-13-16-18-21-24-27-30-31(28-25-22-19-17-14-11-8-5-2)35(32(36(39)40)34(38)33(30)37)41-29-26-23-20-15-12-9-6-3/h37-38H,4-29H2,1-3H3,(H,39,40). The Kier molecular flexibility index (Phi) is 22.3. The summed E-state index contributed by atoms with van der Waals surface area (Å²) in [6.07, 6.45) is 28.4. The number of hydrogen-bond donors (Lipinski definition) is 3. The Morgan fingerprint density at radius 3 is 1.29 bits per heavy atom. The number of aromatic hydroxyl groups is 2. The molecule has 1 aromatic carbocycles. The van der Waals surface area contributed by atoms with E-state index in [-0.39, 0.29) is 17.1 Å². The van der Waals surface area contributed by atoms with Crippen LogP contribution in [-0.2, 0) is 12.8 Å². The van der Waals surface area contributed by atoms with Crippen LogP contribution in [0.4, 0.5) is 0 Å². The fourth-order valence-electron chi connectivity index (χ4n) is 5.80. The number of hydrogen-bond acceptors (Lipinski definition) is 4. The summed E-state index contributed by atoms with van der Waals surface area (Å²) >= 11 is 0. The minimum absolute atomic E-state index is 0.261. The minimum atomic E-state index is -1.25. The van der Waals surface area contributed by atoms with Gasteiger partial charge in [0.25, 0.3) is 0 Å². The van der Waals surface area contributed by atoms with Gasteiger partial charge in [-0.3, -0.25) is 0 Å². The summed E-state index contributed by atoms with van der Waals surface area (Å²) in [5.74, 6) is -1.76.